The van der Waals surface area contributed by atoms with E-state index in [1.54, 1.807) is 42.1 Å². The molecule has 2 aromatic rings. The van der Waals surface area contributed by atoms with Crippen LogP contribution in [0.25, 0.3) is 0 Å². The zero-order chi connectivity index (χ0) is 20.7. The standard InChI is InChI=1S/C22H23F2N3O2/c1-25(2)22(29)27-12-15-11-26(21(28)17-8-3-4-9-19(17)24)13-18(15)20(27)14-6-5-7-16(23)10-14/h3-10,15,18,20H,11-13H2,1-2H3/t15-,18-,20+/m1/s1. The van der Waals surface area contributed by atoms with E-state index >= 15 is 0 Å². The minimum Gasteiger partial charge on any atom is -0.338 e. The molecule has 0 saturated carbocycles. The van der Waals surface area contributed by atoms with Gasteiger partial charge in [0.1, 0.15) is 11.6 Å². The molecule has 5 nitrogen and oxygen atoms in total. The number of halogens is 2. The van der Waals surface area contributed by atoms with Crippen LogP contribution >= 0.6 is 0 Å². The molecule has 3 atom stereocenters. The lowest BCUT2D eigenvalue weighted by Gasteiger charge is -2.32. The number of fused-ring (bicyclic) bond motifs is 1. The number of benzene rings is 2. The van der Waals surface area contributed by atoms with Gasteiger partial charge in [-0.2, -0.15) is 0 Å². The Hall–Kier alpha value is -2.96. The van der Waals surface area contributed by atoms with Crippen LogP contribution in [0.15, 0.2) is 48.5 Å². The van der Waals surface area contributed by atoms with Gasteiger partial charge >= 0.3 is 6.03 Å². The molecule has 2 aliphatic heterocycles. The third-order valence-corrected chi connectivity index (χ3v) is 5.87. The number of nitrogens with zero attached hydrogens (tertiary/aromatic N) is 3. The van der Waals surface area contributed by atoms with Crippen LogP contribution in [0.1, 0.15) is 22.0 Å². The molecule has 152 valence electrons. The van der Waals surface area contributed by atoms with E-state index in [0.29, 0.717) is 25.2 Å². The van der Waals surface area contributed by atoms with Gasteiger partial charge in [0.25, 0.3) is 5.91 Å². The fourth-order valence-corrected chi connectivity index (χ4v) is 4.59. The highest BCUT2D eigenvalue weighted by Gasteiger charge is 2.50. The lowest BCUT2D eigenvalue weighted by atomic mass is 9.89. The quantitative estimate of drug-likeness (QED) is 0.777. The molecule has 29 heavy (non-hydrogen) atoms. The van der Waals surface area contributed by atoms with Gasteiger partial charge < -0.3 is 14.7 Å². The number of rotatable bonds is 2. The summed E-state index contributed by atoms with van der Waals surface area (Å²) in [4.78, 5) is 30.5. The number of urea groups is 1. The topological polar surface area (TPSA) is 43.9 Å². The van der Waals surface area contributed by atoms with Crippen molar-refractivity contribution in [1.82, 2.24) is 14.7 Å². The Morgan fingerprint density at radius 3 is 2.45 bits per heavy atom. The van der Waals surface area contributed by atoms with Crippen molar-refractivity contribution in [2.45, 2.75) is 6.04 Å². The van der Waals surface area contributed by atoms with Gasteiger partial charge in [-0.3, -0.25) is 4.79 Å². The second-order valence-electron chi connectivity index (χ2n) is 7.94. The first-order valence-corrected chi connectivity index (χ1v) is 9.64. The van der Waals surface area contributed by atoms with E-state index in [-0.39, 0.29) is 41.2 Å². The van der Waals surface area contributed by atoms with Crippen molar-refractivity contribution < 1.29 is 18.4 Å². The number of carbonyl (C=O) groups excluding carboxylic acids is 2. The van der Waals surface area contributed by atoms with Gasteiger partial charge in [-0.1, -0.05) is 24.3 Å². The molecule has 0 spiro atoms. The van der Waals surface area contributed by atoms with Gasteiger partial charge in [0.2, 0.25) is 0 Å². The van der Waals surface area contributed by atoms with Crippen molar-refractivity contribution in [3.8, 4) is 0 Å². The normalized spacial score (nSPS) is 23.2. The number of carbonyl (C=O) groups is 2. The largest absolute Gasteiger partial charge is 0.338 e. The summed E-state index contributed by atoms with van der Waals surface area (Å²) in [5.74, 6) is -1.22. The SMILES string of the molecule is CN(C)C(=O)N1C[C@H]2CN(C(=O)c3ccccc3F)C[C@H]2[C@@H]1c1cccc(F)c1. The Balaban J connectivity index is 1.63. The predicted octanol–water partition coefficient (Wildman–Crippen LogP) is 3.39. The Kier molecular flexibility index (Phi) is 4.98. The van der Waals surface area contributed by atoms with Crippen LogP contribution in [-0.2, 0) is 0 Å². The van der Waals surface area contributed by atoms with E-state index < -0.39 is 5.82 Å². The monoisotopic (exact) mass is 399 g/mol. The number of hydrogen-bond donors (Lipinski definition) is 0. The van der Waals surface area contributed by atoms with E-state index in [0.717, 1.165) is 0 Å². The number of hydrogen-bond acceptors (Lipinski definition) is 2. The molecule has 2 aliphatic rings. The van der Waals surface area contributed by atoms with E-state index in [2.05, 4.69) is 0 Å². The average molecular weight is 399 g/mol. The van der Waals surface area contributed by atoms with E-state index in [9.17, 15) is 18.4 Å². The summed E-state index contributed by atoms with van der Waals surface area (Å²) in [7, 11) is 3.38. The summed E-state index contributed by atoms with van der Waals surface area (Å²) in [5, 5.41) is 0. The Labute approximate surface area is 168 Å². The Bertz CT molecular complexity index is 949. The molecule has 2 aromatic carbocycles. The van der Waals surface area contributed by atoms with Crippen molar-refractivity contribution in [2.75, 3.05) is 33.7 Å². The zero-order valence-electron chi connectivity index (χ0n) is 16.4. The van der Waals surface area contributed by atoms with E-state index in [4.69, 9.17) is 0 Å². The van der Waals surface area contributed by atoms with E-state index in [1.165, 1.54) is 29.2 Å². The zero-order valence-corrected chi connectivity index (χ0v) is 16.4. The Morgan fingerprint density at radius 2 is 1.76 bits per heavy atom. The summed E-state index contributed by atoms with van der Waals surface area (Å²) in [6.45, 7) is 1.32. The molecule has 0 N–H and O–H groups in total. The molecule has 0 aromatic heterocycles. The second kappa shape index (κ2) is 7.46. The average Bonchev–Trinajstić information content (AvgIpc) is 3.25. The molecule has 4 rings (SSSR count). The number of likely N-dealkylation sites (tertiary alicyclic amines) is 2. The molecule has 2 fully saturated rings. The lowest BCUT2D eigenvalue weighted by Crippen LogP contribution is -2.42. The molecule has 3 amide bonds. The van der Waals surface area contributed by atoms with Gasteiger partial charge in [0.15, 0.2) is 0 Å². The third-order valence-electron chi connectivity index (χ3n) is 5.87. The molecule has 2 heterocycles. The van der Waals surface area contributed by atoms with E-state index in [1.807, 2.05) is 6.07 Å². The fraction of sp³-hybridized carbons (Fsp3) is 0.364. The molecule has 0 bridgehead atoms. The lowest BCUT2D eigenvalue weighted by molar-refractivity contribution is 0.0762. The van der Waals surface area contributed by atoms with Gasteiger partial charge in [-0.05, 0) is 29.8 Å². The highest BCUT2D eigenvalue weighted by atomic mass is 19.1. The maximum absolute atomic E-state index is 14.1. The smallest absolute Gasteiger partial charge is 0.320 e. The van der Waals surface area contributed by atoms with Crippen molar-refractivity contribution in [2.24, 2.45) is 11.8 Å². The molecule has 0 radical (unpaired) electrons. The summed E-state index contributed by atoms with van der Waals surface area (Å²) < 4.78 is 28.0. The van der Waals surface area contributed by atoms with Crippen LogP contribution in [0.4, 0.5) is 13.6 Å². The first-order chi connectivity index (χ1) is 13.9. The van der Waals surface area contributed by atoms with Crippen molar-refractivity contribution in [3.63, 3.8) is 0 Å². The third kappa shape index (κ3) is 3.45. The minimum absolute atomic E-state index is 0.0311. The van der Waals surface area contributed by atoms with Gasteiger partial charge in [-0.25, -0.2) is 13.6 Å². The van der Waals surface area contributed by atoms with Gasteiger partial charge in [0.05, 0.1) is 11.6 Å². The summed E-state index contributed by atoms with van der Waals surface area (Å²) in [6.07, 6.45) is 0. The van der Waals surface area contributed by atoms with Crippen LogP contribution in [0.5, 0.6) is 0 Å². The second-order valence-corrected chi connectivity index (χ2v) is 7.94. The fourth-order valence-electron chi connectivity index (χ4n) is 4.59. The molecular formula is C22H23F2N3O2. The number of amides is 3. The van der Waals surface area contributed by atoms with Crippen molar-refractivity contribution in [1.29, 1.82) is 0 Å². The summed E-state index contributed by atoms with van der Waals surface area (Å²) >= 11 is 0. The first kappa shape index (κ1) is 19.4. The molecule has 0 unspecified atom stereocenters. The van der Waals surface area contributed by atoms with Crippen LogP contribution in [-0.4, -0.2) is 60.4 Å². The first-order valence-electron chi connectivity index (χ1n) is 9.64. The molecule has 0 aliphatic carbocycles. The Morgan fingerprint density at radius 1 is 1.00 bits per heavy atom. The predicted molar refractivity (Wildman–Crippen MR) is 104 cm³/mol. The highest BCUT2D eigenvalue weighted by molar-refractivity contribution is 5.94. The van der Waals surface area contributed by atoms with Crippen molar-refractivity contribution in [3.05, 3.63) is 71.3 Å². The molecular weight excluding hydrogens is 376 g/mol. The van der Waals surface area contributed by atoms with Crippen LogP contribution in [0.3, 0.4) is 0 Å². The maximum Gasteiger partial charge on any atom is 0.320 e. The molecule has 2 saturated heterocycles. The van der Waals surface area contributed by atoms with Crippen LogP contribution in [0.2, 0.25) is 0 Å². The van der Waals surface area contributed by atoms with Gasteiger partial charge in [0, 0.05) is 45.6 Å². The van der Waals surface area contributed by atoms with Crippen LogP contribution < -0.4 is 0 Å². The summed E-state index contributed by atoms with van der Waals surface area (Å²) in [5.41, 5.74) is 0.767. The van der Waals surface area contributed by atoms with Crippen LogP contribution in [0, 0.1) is 23.5 Å². The van der Waals surface area contributed by atoms with Crippen molar-refractivity contribution >= 4 is 11.9 Å². The maximum atomic E-state index is 14.1. The minimum atomic E-state index is -0.541. The summed E-state index contributed by atoms with van der Waals surface area (Å²) in [6, 6.07) is 11.7. The highest BCUT2D eigenvalue weighted by Crippen LogP contribution is 2.45. The van der Waals surface area contributed by atoms with Gasteiger partial charge in [-0.15, -0.1) is 0 Å². The molecule has 7 heteroatoms.